The van der Waals surface area contributed by atoms with Crippen LogP contribution >= 0.6 is 0 Å². The van der Waals surface area contributed by atoms with Crippen molar-refractivity contribution >= 4 is 11.9 Å². The van der Waals surface area contributed by atoms with Crippen molar-refractivity contribution in [3.8, 4) is 0 Å². The second-order valence-corrected chi connectivity index (χ2v) is 10.4. The van der Waals surface area contributed by atoms with Crippen molar-refractivity contribution in [1.82, 2.24) is 0 Å². The van der Waals surface area contributed by atoms with Crippen LogP contribution in [-0.4, -0.2) is 169 Å². The van der Waals surface area contributed by atoms with E-state index in [0.717, 1.165) is 0 Å². The first kappa shape index (κ1) is 33.5. The first-order chi connectivity index (χ1) is 19.1. The zero-order chi connectivity index (χ0) is 31.0. The van der Waals surface area contributed by atoms with Crippen LogP contribution in [0.3, 0.4) is 0 Å². The predicted molar refractivity (Wildman–Crippen MR) is 131 cm³/mol. The maximum atomic E-state index is 11.3. The normalized spacial score (nSPS) is 46.8. The lowest BCUT2D eigenvalue weighted by Gasteiger charge is -2.44. The van der Waals surface area contributed by atoms with E-state index >= 15 is 0 Å². The molecule has 238 valence electrons. The Hall–Kier alpha value is -2.02. The van der Waals surface area contributed by atoms with Gasteiger partial charge in [0, 0.05) is 0 Å². The summed E-state index contributed by atoms with van der Waals surface area (Å²) in [6.45, 7) is 0.550. The van der Waals surface area contributed by atoms with E-state index in [2.05, 4.69) is 9.98 Å². The number of aliphatic hydroxyl groups is 9. The van der Waals surface area contributed by atoms with Crippen LogP contribution in [0.15, 0.2) is 0 Å². The molecule has 3 aliphatic rings. The molecule has 1 aliphatic carbocycles. The van der Waals surface area contributed by atoms with Crippen LogP contribution in [0.2, 0.25) is 0 Å². The van der Waals surface area contributed by atoms with E-state index in [1.165, 1.54) is 19.3 Å². The molecule has 21 N–H and O–H groups in total. The molecule has 0 radical (unpaired) electrons. The number of likely N-dealkylation sites (N-methyl/N-ethyl adjacent to an activating group) is 1. The fraction of sp³-hybridized carbons (Fsp3) is 0.905. The Labute approximate surface area is 233 Å². The van der Waals surface area contributed by atoms with E-state index in [4.69, 9.17) is 41.9 Å². The molecule has 1 saturated carbocycles. The van der Waals surface area contributed by atoms with Crippen LogP contribution in [-0.2, 0) is 18.9 Å². The molecule has 3 rings (SSSR count). The highest BCUT2D eigenvalue weighted by molar-refractivity contribution is 5.69. The van der Waals surface area contributed by atoms with Crippen molar-refractivity contribution in [1.29, 1.82) is 0 Å². The summed E-state index contributed by atoms with van der Waals surface area (Å²) in [5, 5.41) is 96.2. The molecule has 20 nitrogen and oxygen atoms in total. The third-order valence-corrected chi connectivity index (χ3v) is 7.80. The summed E-state index contributed by atoms with van der Waals surface area (Å²) in [7, 11) is 1.52. The maximum absolute atomic E-state index is 11.3. The molecule has 0 aromatic carbocycles. The molecule has 3 fully saturated rings. The van der Waals surface area contributed by atoms with Crippen LogP contribution in [0.1, 0.15) is 6.92 Å². The van der Waals surface area contributed by atoms with E-state index < -0.39 is 110 Å². The Bertz CT molecular complexity index is 941. The minimum Gasteiger partial charge on any atom is -0.394 e. The van der Waals surface area contributed by atoms with Gasteiger partial charge in [0.25, 0.3) is 0 Å². The number of quaternary nitrogens is 1. The number of hydrogen-bond acceptors (Lipinski definition) is 13. The van der Waals surface area contributed by atoms with Gasteiger partial charge in [-0.25, -0.2) is 0 Å². The van der Waals surface area contributed by atoms with Crippen LogP contribution in [0, 0.1) is 0 Å². The average Bonchev–Trinajstić information content (AvgIpc) is 3.14. The van der Waals surface area contributed by atoms with E-state index in [9.17, 15) is 46.0 Å². The fourth-order valence-corrected chi connectivity index (χ4v) is 5.47. The molecule has 0 bridgehead atoms. The highest BCUT2D eigenvalue weighted by Gasteiger charge is 2.63. The Morgan fingerprint density at radius 1 is 0.854 bits per heavy atom. The van der Waals surface area contributed by atoms with Gasteiger partial charge in [-0.2, -0.15) is 0 Å². The molecule has 0 aromatic heterocycles. The molecule has 15 atom stereocenters. The van der Waals surface area contributed by atoms with Crippen LogP contribution in [0.4, 0.5) is 0 Å². The zero-order valence-corrected chi connectivity index (χ0v) is 22.4. The van der Waals surface area contributed by atoms with Crippen molar-refractivity contribution in [2.75, 3.05) is 13.7 Å². The topological polar surface area (TPSA) is 368 Å². The van der Waals surface area contributed by atoms with E-state index in [1.807, 2.05) is 0 Å². The monoisotopic (exact) mass is 602 g/mol. The van der Waals surface area contributed by atoms with Crippen molar-refractivity contribution in [2.24, 2.45) is 22.9 Å². The lowest BCUT2D eigenvalue weighted by molar-refractivity contribution is -0.696. The summed E-state index contributed by atoms with van der Waals surface area (Å²) in [6, 6.07) is -3.75. The lowest BCUT2D eigenvalue weighted by Crippen LogP contribution is -2.99. The molecule has 0 unspecified atom stereocenters. The third-order valence-electron chi connectivity index (χ3n) is 7.80. The number of rotatable bonds is 9. The van der Waals surface area contributed by atoms with Gasteiger partial charge in [0.05, 0.1) is 19.8 Å². The van der Waals surface area contributed by atoms with Crippen LogP contribution in [0.5, 0.6) is 0 Å². The minimum absolute atomic E-state index is 0.380. The number of ether oxygens (including phenoxy) is 4. The van der Waals surface area contributed by atoms with Gasteiger partial charge in [-0.3, -0.25) is 32.9 Å². The first-order valence-electron chi connectivity index (χ1n) is 12.9. The van der Waals surface area contributed by atoms with Gasteiger partial charge in [-0.05, 0) is 6.92 Å². The predicted octanol–water partition coefficient (Wildman–Crippen LogP) is -13.9. The zero-order valence-electron chi connectivity index (χ0n) is 22.4. The van der Waals surface area contributed by atoms with Gasteiger partial charge in [-0.1, -0.05) is 0 Å². The largest absolute Gasteiger partial charge is 0.394 e. The fourth-order valence-electron chi connectivity index (χ4n) is 5.47. The minimum atomic E-state index is -2.60. The van der Waals surface area contributed by atoms with Gasteiger partial charge in [0.1, 0.15) is 60.9 Å². The molecule has 41 heavy (non-hydrogen) atoms. The highest BCUT2D eigenvalue weighted by Crippen LogP contribution is 2.39. The number of hydrogen-bond donors (Lipinski definition) is 16. The molecule has 0 aromatic rings. The second kappa shape index (κ2) is 13.1. The molecule has 2 heterocycles. The van der Waals surface area contributed by atoms with Crippen molar-refractivity contribution < 1.29 is 80.2 Å². The summed E-state index contributed by atoms with van der Waals surface area (Å²) in [4.78, 5) is 4.96. The summed E-state index contributed by atoms with van der Waals surface area (Å²) in [5.41, 5.74) is 19.4. The standard InChI is InChI=1S/C21H41N7O13/c1-4-21(37,18(35)36)15(41-16-8(26-2)12(33)9(30)5(3-29)39-16)17(38-4)40-14-7(28-20(24)25)10(31)6(27-19(22)23)11(32)13(14)34/h4-18,26,29-37H,3H2,1-2H3,(H4,22,23,27)(H4,24,25,28)/p+3/t4-,5-,6+,7-,8-,9-,10+,11-,12-,13+,14+,15-,16-,17-,21+/m0/s1. The SMILES string of the molecule is C[NH2+][C@@H]1[C@H](O[C@H]2[C@H](O[C@H]3[C@H](O)[C@@H](O)[C@H]([NH+]=C(N)N)[C@@H](O)[C@@H]3[NH+]=C(N)N)O[C@@H](C)[C@]2(O)C(O)O)O[C@@H](CO)[C@H](O)[C@H]1O. The molecular formula is C21H44N7O13+3. The summed E-state index contributed by atoms with van der Waals surface area (Å²) in [5.74, 6) is -0.792. The van der Waals surface area contributed by atoms with Gasteiger partial charge >= 0.3 is 11.9 Å². The summed E-state index contributed by atoms with van der Waals surface area (Å²) >= 11 is 0. The number of nitrogens with two attached hydrogens (primary N) is 5. The Morgan fingerprint density at radius 2 is 1.44 bits per heavy atom. The van der Waals surface area contributed by atoms with E-state index in [-0.39, 0.29) is 5.96 Å². The smallest absolute Gasteiger partial charge is 0.339 e. The lowest BCUT2D eigenvalue weighted by atomic mass is 9.81. The molecular weight excluding hydrogens is 558 g/mol. The Balaban J connectivity index is 1.99. The van der Waals surface area contributed by atoms with E-state index in [1.54, 1.807) is 0 Å². The quantitative estimate of drug-likeness (QED) is 0.0661. The third kappa shape index (κ3) is 6.35. The molecule has 20 heteroatoms. The molecule has 2 saturated heterocycles. The van der Waals surface area contributed by atoms with Crippen molar-refractivity contribution in [3.05, 3.63) is 0 Å². The first-order valence-corrected chi connectivity index (χ1v) is 12.9. The van der Waals surface area contributed by atoms with Crippen LogP contribution < -0.4 is 38.2 Å². The second-order valence-electron chi connectivity index (χ2n) is 10.4. The van der Waals surface area contributed by atoms with Crippen molar-refractivity contribution in [3.63, 3.8) is 0 Å². The van der Waals surface area contributed by atoms with E-state index in [0.29, 0.717) is 0 Å². The Kier molecular flexibility index (Phi) is 10.7. The number of guanidine groups is 2. The van der Waals surface area contributed by atoms with Gasteiger partial charge in [0.15, 0.2) is 24.2 Å². The van der Waals surface area contributed by atoms with Gasteiger partial charge in [-0.15, -0.1) is 0 Å². The van der Waals surface area contributed by atoms with Gasteiger partial charge < -0.3 is 70.2 Å². The number of aliphatic hydroxyl groups excluding tert-OH is 7. The Morgan fingerprint density at radius 3 is 1.95 bits per heavy atom. The maximum Gasteiger partial charge on any atom is 0.339 e. The van der Waals surface area contributed by atoms with Crippen molar-refractivity contribution in [2.45, 2.75) is 104 Å². The molecule has 0 spiro atoms. The van der Waals surface area contributed by atoms with Crippen LogP contribution in [0.25, 0.3) is 0 Å². The molecule has 0 amide bonds. The summed E-state index contributed by atoms with van der Waals surface area (Å²) < 4.78 is 23.1. The molecule has 2 aliphatic heterocycles. The average molecular weight is 603 g/mol. The number of nitrogens with one attached hydrogen (secondary N) is 2. The van der Waals surface area contributed by atoms with Gasteiger partial charge in [0.2, 0.25) is 6.29 Å². The highest BCUT2D eigenvalue weighted by atomic mass is 16.8. The summed E-state index contributed by atoms with van der Waals surface area (Å²) in [6.07, 6.45) is -20.1.